The average molecular weight is 289 g/mol. The number of aryl methyl sites for hydroxylation is 2. The summed E-state index contributed by atoms with van der Waals surface area (Å²) in [4.78, 5) is 25.5. The number of carboxylic acid groups (broad SMARTS) is 1. The summed E-state index contributed by atoms with van der Waals surface area (Å²) in [7, 11) is 0. The molecule has 2 atom stereocenters. The number of carbonyl (C=O) groups excluding carboxylic acids is 1. The minimum atomic E-state index is -0.799. The van der Waals surface area contributed by atoms with E-state index in [1.165, 1.54) is 0 Å². The van der Waals surface area contributed by atoms with Crippen LogP contribution >= 0.6 is 0 Å². The topological polar surface area (TPSA) is 57.6 Å². The van der Waals surface area contributed by atoms with Crippen LogP contribution in [0.1, 0.15) is 36.5 Å². The van der Waals surface area contributed by atoms with E-state index < -0.39 is 11.9 Å². The van der Waals surface area contributed by atoms with Gasteiger partial charge in [-0.15, -0.1) is 0 Å². The van der Waals surface area contributed by atoms with Gasteiger partial charge in [-0.2, -0.15) is 0 Å². The molecule has 0 spiro atoms. The summed E-state index contributed by atoms with van der Waals surface area (Å²) in [5.41, 5.74) is 3.29. The van der Waals surface area contributed by atoms with Gasteiger partial charge in [0.1, 0.15) is 0 Å². The highest BCUT2D eigenvalue weighted by Crippen LogP contribution is 2.24. The van der Waals surface area contributed by atoms with Crippen molar-refractivity contribution in [2.45, 2.75) is 46.1 Å². The molecule has 2 rings (SSSR count). The van der Waals surface area contributed by atoms with E-state index in [-0.39, 0.29) is 11.9 Å². The predicted octanol–water partition coefficient (Wildman–Crippen LogP) is 2.56. The number of carbonyl (C=O) groups is 2. The van der Waals surface area contributed by atoms with Crippen LogP contribution in [0.2, 0.25) is 0 Å². The average Bonchev–Trinajstić information content (AvgIpc) is 2.43. The van der Waals surface area contributed by atoms with Gasteiger partial charge in [-0.3, -0.25) is 9.59 Å². The second kappa shape index (κ2) is 6.29. The van der Waals surface area contributed by atoms with E-state index in [9.17, 15) is 9.59 Å². The SMILES string of the molecule is Cc1cccc(C)c1CC(=O)N1CC(C(=O)O)CCC1C. The molecule has 21 heavy (non-hydrogen) atoms. The minimum absolute atomic E-state index is 0.0332. The van der Waals surface area contributed by atoms with Gasteiger partial charge in [-0.1, -0.05) is 18.2 Å². The minimum Gasteiger partial charge on any atom is -0.481 e. The molecule has 114 valence electrons. The van der Waals surface area contributed by atoms with Gasteiger partial charge in [-0.25, -0.2) is 0 Å². The Bertz CT molecular complexity index is 533. The molecule has 0 bridgehead atoms. The van der Waals surface area contributed by atoms with Crippen molar-refractivity contribution in [2.75, 3.05) is 6.54 Å². The van der Waals surface area contributed by atoms with Gasteiger partial charge in [0.05, 0.1) is 12.3 Å². The molecular formula is C17H23NO3. The molecule has 4 heteroatoms. The third-order valence-electron chi connectivity index (χ3n) is 4.52. The molecule has 2 unspecified atom stereocenters. The highest BCUT2D eigenvalue weighted by molar-refractivity contribution is 5.81. The van der Waals surface area contributed by atoms with Crippen molar-refractivity contribution in [3.8, 4) is 0 Å². The first-order valence-corrected chi connectivity index (χ1v) is 7.47. The summed E-state index contributed by atoms with van der Waals surface area (Å²) in [6.45, 7) is 6.35. The Kier molecular flexibility index (Phi) is 4.66. The maximum Gasteiger partial charge on any atom is 0.308 e. The van der Waals surface area contributed by atoms with Crippen molar-refractivity contribution >= 4 is 11.9 Å². The van der Waals surface area contributed by atoms with Crippen molar-refractivity contribution in [1.82, 2.24) is 4.90 Å². The number of carboxylic acids is 1. The van der Waals surface area contributed by atoms with E-state index in [4.69, 9.17) is 5.11 Å². The lowest BCUT2D eigenvalue weighted by atomic mass is 9.92. The summed E-state index contributed by atoms with van der Waals surface area (Å²) >= 11 is 0. The van der Waals surface area contributed by atoms with Gasteiger partial charge < -0.3 is 10.0 Å². The molecule has 0 aromatic heterocycles. The molecule has 1 heterocycles. The van der Waals surface area contributed by atoms with Crippen LogP contribution in [0, 0.1) is 19.8 Å². The smallest absolute Gasteiger partial charge is 0.308 e. The monoisotopic (exact) mass is 289 g/mol. The van der Waals surface area contributed by atoms with E-state index in [1.54, 1.807) is 4.90 Å². The highest BCUT2D eigenvalue weighted by atomic mass is 16.4. The summed E-state index contributed by atoms with van der Waals surface area (Å²) in [5.74, 6) is -1.19. The first kappa shape index (κ1) is 15.5. The Morgan fingerprint density at radius 3 is 2.43 bits per heavy atom. The summed E-state index contributed by atoms with van der Waals surface area (Å²) in [6, 6.07) is 6.13. The fourth-order valence-electron chi connectivity index (χ4n) is 3.04. The number of amides is 1. The number of aliphatic carboxylic acids is 1. The third-order valence-corrected chi connectivity index (χ3v) is 4.52. The normalized spacial score (nSPS) is 22.1. The standard InChI is InChI=1S/C17H23NO3/c1-11-5-4-6-12(2)15(11)9-16(19)18-10-14(17(20)21)8-7-13(18)3/h4-6,13-14H,7-10H2,1-3H3,(H,20,21). The molecule has 0 aliphatic carbocycles. The van der Waals surface area contributed by atoms with Crippen LogP contribution in [0.5, 0.6) is 0 Å². The first-order valence-electron chi connectivity index (χ1n) is 7.47. The maximum atomic E-state index is 12.6. The molecule has 1 aliphatic rings. The third kappa shape index (κ3) is 3.43. The van der Waals surface area contributed by atoms with Crippen LogP contribution in [-0.2, 0) is 16.0 Å². The number of hydrogen-bond acceptors (Lipinski definition) is 2. The summed E-state index contributed by atoms with van der Waals surface area (Å²) in [5, 5.41) is 9.16. The van der Waals surface area contributed by atoms with E-state index in [0.29, 0.717) is 19.4 Å². The van der Waals surface area contributed by atoms with Gasteiger partial charge in [0.2, 0.25) is 5.91 Å². The number of piperidine rings is 1. The van der Waals surface area contributed by atoms with Crippen LogP contribution < -0.4 is 0 Å². The predicted molar refractivity (Wildman–Crippen MR) is 81.2 cm³/mol. The number of likely N-dealkylation sites (tertiary alicyclic amines) is 1. The molecule has 1 saturated heterocycles. The van der Waals surface area contributed by atoms with Gasteiger partial charge >= 0.3 is 5.97 Å². The summed E-state index contributed by atoms with van der Waals surface area (Å²) in [6.07, 6.45) is 1.77. The Morgan fingerprint density at radius 1 is 1.24 bits per heavy atom. The van der Waals surface area contributed by atoms with Crippen LogP contribution in [0.3, 0.4) is 0 Å². The molecule has 0 radical (unpaired) electrons. The zero-order chi connectivity index (χ0) is 15.6. The lowest BCUT2D eigenvalue weighted by Crippen LogP contribution is -2.48. The van der Waals surface area contributed by atoms with Crippen LogP contribution in [0.25, 0.3) is 0 Å². The highest BCUT2D eigenvalue weighted by Gasteiger charge is 2.32. The Hall–Kier alpha value is -1.84. The van der Waals surface area contributed by atoms with Crippen molar-refractivity contribution in [3.63, 3.8) is 0 Å². The number of benzene rings is 1. The number of rotatable bonds is 3. The van der Waals surface area contributed by atoms with Crippen molar-refractivity contribution in [2.24, 2.45) is 5.92 Å². The molecule has 1 aliphatic heterocycles. The van der Waals surface area contributed by atoms with E-state index >= 15 is 0 Å². The fraction of sp³-hybridized carbons (Fsp3) is 0.529. The Labute approximate surface area is 125 Å². The fourth-order valence-corrected chi connectivity index (χ4v) is 3.04. The van der Waals surface area contributed by atoms with Crippen LogP contribution in [-0.4, -0.2) is 34.5 Å². The lowest BCUT2D eigenvalue weighted by molar-refractivity contribution is -0.147. The van der Waals surface area contributed by atoms with E-state index in [1.807, 2.05) is 39.0 Å². The van der Waals surface area contributed by atoms with E-state index in [0.717, 1.165) is 23.1 Å². The first-order chi connectivity index (χ1) is 9.90. The van der Waals surface area contributed by atoms with Gasteiger partial charge in [0, 0.05) is 12.6 Å². The Morgan fingerprint density at radius 2 is 1.86 bits per heavy atom. The molecular weight excluding hydrogens is 266 g/mol. The second-order valence-electron chi connectivity index (χ2n) is 6.05. The van der Waals surface area contributed by atoms with Crippen LogP contribution in [0.15, 0.2) is 18.2 Å². The van der Waals surface area contributed by atoms with Crippen LogP contribution in [0.4, 0.5) is 0 Å². The van der Waals surface area contributed by atoms with Gasteiger partial charge in [0.15, 0.2) is 0 Å². The molecule has 1 N–H and O–H groups in total. The zero-order valence-electron chi connectivity index (χ0n) is 12.9. The maximum absolute atomic E-state index is 12.6. The molecule has 1 fully saturated rings. The van der Waals surface area contributed by atoms with Crippen molar-refractivity contribution in [3.05, 3.63) is 34.9 Å². The molecule has 0 saturated carbocycles. The quantitative estimate of drug-likeness (QED) is 0.930. The zero-order valence-corrected chi connectivity index (χ0v) is 12.9. The number of nitrogens with zero attached hydrogens (tertiary/aromatic N) is 1. The summed E-state index contributed by atoms with van der Waals surface area (Å²) < 4.78 is 0. The number of hydrogen-bond donors (Lipinski definition) is 1. The Balaban J connectivity index is 2.13. The van der Waals surface area contributed by atoms with Crippen molar-refractivity contribution < 1.29 is 14.7 Å². The van der Waals surface area contributed by atoms with Gasteiger partial charge in [-0.05, 0) is 50.3 Å². The lowest BCUT2D eigenvalue weighted by Gasteiger charge is -2.36. The second-order valence-corrected chi connectivity index (χ2v) is 6.05. The van der Waals surface area contributed by atoms with Gasteiger partial charge in [0.25, 0.3) is 0 Å². The molecule has 1 aromatic rings. The van der Waals surface area contributed by atoms with Crippen molar-refractivity contribution in [1.29, 1.82) is 0 Å². The van der Waals surface area contributed by atoms with E-state index in [2.05, 4.69) is 0 Å². The molecule has 1 amide bonds. The largest absolute Gasteiger partial charge is 0.481 e. The molecule has 4 nitrogen and oxygen atoms in total. The molecule has 1 aromatic carbocycles.